The Bertz CT molecular complexity index is 1230. The fourth-order valence-corrected chi connectivity index (χ4v) is 4.51. The lowest BCUT2D eigenvalue weighted by Gasteiger charge is -2.38. The monoisotopic (exact) mass is 461 g/mol. The molecule has 0 N–H and O–H groups in total. The number of hydrogen-bond acceptors (Lipinski definition) is 6. The lowest BCUT2D eigenvalue weighted by Crippen LogP contribution is -2.40. The number of carbonyl (C=O) groups is 1. The highest BCUT2D eigenvalue weighted by Gasteiger charge is 2.34. The van der Waals surface area contributed by atoms with Crippen LogP contribution in [-0.2, 0) is 6.42 Å². The van der Waals surface area contributed by atoms with Gasteiger partial charge in [-0.3, -0.25) is 14.9 Å². The summed E-state index contributed by atoms with van der Waals surface area (Å²) in [6, 6.07) is 17.9. The van der Waals surface area contributed by atoms with Crippen LogP contribution in [-0.4, -0.2) is 50.6 Å². The van der Waals surface area contributed by atoms with Gasteiger partial charge in [-0.15, -0.1) is 0 Å². The summed E-state index contributed by atoms with van der Waals surface area (Å²) in [5.74, 6) is 0.966. The van der Waals surface area contributed by atoms with Crippen molar-refractivity contribution in [3.63, 3.8) is 0 Å². The summed E-state index contributed by atoms with van der Waals surface area (Å²) in [6.45, 7) is 0.462. The average molecular weight is 462 g/mol. The predicted octanol–water partition coefficient (Wildman–Crippen LogP) is 4.47. The number of amides is 1. The largest absolute Gasteiger partial charge is 0.493 e. The van der Waals surface area contributed by atoms with Crippen LogP contribution in [0.2, 0.25) is 0 Å². The smallest absolute Gasteiger partial charge is 0.293 e. The molecule has 34 heavy (non-hydrogen) atoms. The average Bonchev–Trinajstić information content (AvgIpc) is 2.86. The number of nitrogens with zero attached hydrogens (tertiary/aromatic N) is 3. The molecule has 1 aliphatic heterocycles. The molecule has 176 valence electrons. The molecule has 1 atom stereocenters. The van der Waals surface area contributed by atoms with Crippen LogP contribution in [0.3, 0.4) is 0 Å². The SMILES string of the molecule is COc1cc2c(cc1OC)[C@H](c1ccccc1)N(C(=O)c1ccc(N(C)C)c([N+](=O)[O-])c1)CC2. The molecule has 0 bridgehead atoms. The van der Waals surface area contributed by atoms with Crippen molar-refractivity contribution >= 4 is 17.3 Å². The molecule has 0 aromatic heterocycles. The van der Waals surface area contributed by atoms with E-state index in [1.807, 2.05) is 42.5 Å². The van der Waals surface area contributed by atoms with Crippen molar-refractivity contribution in [3.05, 3.63) is 93.0 Å². The molecule has 0 saturated carbocycles. The highest BCUT2D eigenvalue weighted by atomic mass is 16.6. The summed E-state index contributed by atoms with van der Waals surface area (Å²) in [4.78, 5) is 28.4. The highest BCUT2D eigenvalue weighted by Crippen LogP contribution is 2.42. The third-order valence-corrected chi connectivity index (χ3v) is 6.15. The first-order valence-electron chi connectivity index (χ1n) is 10.9. The van der Waals surface area contributed by atoms with Gasteiger partial charge in [-0.1, -0.05) is 30.3 Å². The zero-order valence-corrected chi connectivity index (χ0v) is 19.6. The van der Waals surface area contributed by atoms with Crippen molar-refractivity contribution in [2.45, 2.75) is 12.5 Å². The Balaban J connectivity index is 1.83. The second-order valence-electron chi connectivity index (χ2n) is 8.32. The Morgan fingerprint density at radius 2 is 1.71 bits per heavy atom. The Morgan fingerprint density at radius 1 is 1.03 bits per heavy atom. The van der Waals surface area contributed by atoms with Crippen LogP contribution in [0.15, 0.2) is 60.7 Å². The highest BCUT2D eigenvalue weighted by molar-refractivity contribution is 5.96. The van der Waals surface area contributed by atoms with Crippen molar-refractivity contribution in [1.82, 2.24) is 4.90 Å². The van der Waals surface area contributed by atoms with E-state index in [1.165, 1.54) is 6.07 Å². The van der Waals surface area contributed by atoms with Gasteiger partial charge in [-0.05, 0) is 47.4 Å². The molecule has 8 heteroatoms. The van der Waals surface area contributed by atoms with E-state index in [-0.39, 0.29) is 23.2 Å². The molecule has 1 aliphatic rings. The third-order valence-electron chi connectivity index (χ3n) is 6.15. The van der Waals surface area contributed by atoms with E-state index in [2.05, 4.69) is 0 Å². The Labute approximate surface area is 198 Å². The number of hydrogen-bond donors (Lipinski definition) is 0. The van der Waals surface area contributed by atoms with E-state index >= 15 is 0 Å². The maximum atomic E-state index is 13.8. The van der Waals surface area contributed by atoms with Gasteiger partial charge < -0.3 is 19.3 Å². The van der Waals surface area contributed by atoms with E-state index in [9.17, 15) is 14.9 Å². The minimum atomic E-state index is -0.455. The summed E-state index contributed by atoms with van der Waals surface area (Å²) in [6.07, 6.45) is 0.628. The van der Waals surface area contributed by atoms with E-state index in [4.69, 9.17) is 9.47 Å². The van der Waals surface area contributed by atoms with Crippen molar-refractivity contribution in [1.29, 1.82) is 0 Å². The molecule has 4 rings (SSSR count). The molecule has 1 amide bonds. The minimum Gasteiger partial charge on any atom is -0.493 e. The molecule has 0 saturated heterocycles. The van der Waals surface area contributed by atoms with Crippen LogP contribution >= 0.6 is 0 Å². The van der Waals surface area contributed by atoms with E-state index in [0.717, 1.165) is 16.7 Å². The van der Waals surface area contributed by atoms with Gasteiger partial charge in [-0.25, -0.2) is 0 Å². The minimum absolute atomic E-state index is 0.101. The van der Waals surface area contributed by atoms with Gasteiger partial charge >= 0.3 is 0 Å². The zero-order chi connectivity index (χ0) is 24.4. The maximum Gasteiger partial charge on any atom is 0.293 e. The number of methoxy groups -OCH3 is 2. The molecule has 3 aromatic carbocycles. The van der Waals surface area contributed by atoms with Crippen LogP contribution < -0.4 is 14.4 Å². The predicted molar refractivity (Wildman–Crippen MR) is 130 cm³/mol. The Hall–Kier alpha value is -4.07. The molecule has 0 unspecified atom stereocenters. The van der Waals surface area contributed by atoms with Gasteiger partial charge in [0.25, 0.3) is 11.6 Å². The van der Waals surface area contributed by atoms with Crippen molar-refractivity contribution in [3.8, 4) is 11.5 Å². The number of benzene rings is 3. The summed E-state index contributed by atoms with van der Waals surface area (Å²) < 4.78 is 11.0. The molecular weight excluding hydrogens is 434 g/mol. The quantitative estimate of drug-likeness (QED) is 0.398. The maximum absolute atomic E-state index is 13.8. The molecule has 3 aromatic rings. The zero-order valence-electron chi connectivity index (χ0n) is 19.6. The molecule has 0 aliphatic carbocycles. The van der Waals surface area contributed by atoms with E-state index in [0.29, 0.717) is 30.2 Å². The number of nitro benzene ring substituents is 1. The molecule has 0 radical (unpaired) electrons. The molecule has 1 heterocycles. The van der Waals surface area contributed by atoms with Crippen molar-refractivity contribution < 1.29 is 19.2 Å². The first-order chi connectivity index (χ1) is 16.3. The lowest BCUT2D eigenvalue weighted by atomic mass is 9.87. The summed E-state index contributed by atoms with van der Waals surface area (Å²) in [5.41, 5.74) is 3.59. The van der Waals surface area contributed by atoms with E-state index in [1.54, 1.807) is 50.2 Å². The van der Waals surface area contributed by atoms with Crippen molar-refractivity contribution in [2.75, 3.05) is 39.8 Å². The van der Waals surface area contributed by atoms with Gasteiger partial charge in [0, 0.05) is 32.3 Å². The fraction of sp³-hybridized carbons (Fsp3) is 0.269. The lowest BCUT2D eigenvalue weighted by molar-refractivity contribution is -0.384. The number of carbonyl (C=O) groups excluding carboxylic acids is 1. The number of nitro groups is 1. The normalized spacial score (nSPS) is 14.8. The Kier molecular flexibility index (Phi) is 6.40. The second kappa shape index (κ2) is 9.43. The van der Waals surface area contributed by atoms with Gasteiger partial charge in [0.2, 0.25) is 0 Å². The third kappa shape index (κ3) is 4.14. The molecular formula is C26H27N3O5. The number of anilines is 1. The van der Waals surface area contributed by atoms with Crippen LogP contribution in [0.5, 0.6) is 11.5 Å². The topological polar surface area (TPSA) is 85.2 Å². The molecule has 8 nitrogen and oxygen atoms in total. The molecule has 0 fully saturated rings. The van der Waals surface area contributed by atoms with Gasteiger partial charge in [0.15, 0.2) is 11.5 Å². The van der Waals surface area contributed by atoms with E-state index < -0.39 is 4.92 Å². The second-order valence-corrected chi connectivity index (χ2v) is 8.32. The van der Waals surface area contributed by atoms with Crippen LogP contribution in [0, 0.1) is 10.1 Å². The number of rotatable bonds is 6. The Morgan fingerprint density at radius 3 is 2.32 bits per heavy atom. The van der Waals surface area contributed by atoms with Gasteiger partial charge in [-0.2, -0.15) is 0 Å². The number of fused-ring (bicyclic) bond motifs is 1. The summed E-state index contributed by atoms with van der Waals surface area (Å²) in [5, 5.41) is 11.7. The fourth-order valence-electron chi connectivity index (χ4n) is 4.51. The number of ether oxygens (including phenoxy) is 2. The van der Waals surface area contributed by atoms with Gasteiger partial charge in [0.05, 0.1) is 25.2 Å². The first kappa shape index (κ1) is 23.1. The van der Waals surface area contributed by atoms with Crippen LogP contribution in [0.4, 0.5) is 11.4 Å². The van der Waals surface area contributed by atoms with Crippen LogP contribution in [0.1, 0.15) is 33.1 Å². The first-order valence-corrected chi connectivity index (χ1v) is 10.9. The van der Waals surface area contributed by atoms with Crippen LogP contribution in [0.25, 0.3) is 0 Å². The standard InChI is InChI=1S/C26H27N3O5/c1-27(2)21-11-10-19(14-22(21)29(31)32)26(30)28-13-12-18-15-23(33-3)24(34-4)16-20(18)25(28)17-8-6-5-7-9-17/h5-11,14-16,25H,12-13H2,1-4H3/t25-/m0/s1. The van der Waals surface area contributed by atoms with Crippen molar-refractivity contribution in [2.24, 2.45) is 0 Å². The van der Waals surface area contributed by atoms with Gasteiger partial charge in [0.1, 0.15) is 5.69 Å². The summed E-state index contributed by atoms with van der Waals surface area (Å²) >= 11 is 0. The molecule has 0 spiro atoms. The summed E-state index contributed by atoms with van der Waals surface area (Å²) in [7, 11) is 6.65.